The molecule has 1 aromatic carbocycles. The lowest BCUT2D eigenvalue weighted by atomic mass is 9.96. The minimum absolute atomic E-state index is 0.0867. The van der Waals surface area contributed by atoms with Gasteiger partial charge in [0.25, 0.3) is 0 Å². The molecule has 0 saturated heterocycles. The standard InChI is InChI=1S/C13H12F4N2S.C2H6/c1-12(2,20-17)10-6-4-3-5-9(10)11-18-7-8-19(11)13(14,15)16;1-2/h3-8H,1-2H3;1-2H3. The van der Waals surface area contributed by atoms with Crippen molar-refractivity contribution in [3.63, 3.8) is 0 Å². The number of alkyl halides is 3. The van der Waals surface area contributed by atoms with Crippen LogP contribution in [-0.2, 0) is 11.0 Å². The van der Waals surface area contributed by atoms with E-state index in [0.717, 1.165) is 12.4 Å². The van der Waals surface area contributed by atoms with Gasteiger partial charge in [-0.15, -0.1) is 13.2 Å². The normalized spacial score (nSPS) is 11.8. The summed E-state index contributed by atoms with van der Waals surface area (Å²) in [6.45, 7) is 7.22. The summed E-state index contributed by atoms with van der Waals surface area (Å²) in [6.07, 6.45) is -2.64. The van der Waals surface area contributed by atoms with Crippen LogP contribution in [0.1, 0.15) is 33.3 Å². The lowest BCUT2D eigenvalue weighted by Crippen LogP contribution is -2.19. The highest BCUT2D eigenvalue weighted by atomic mass is 32.2. The molecule has 0 aliphatic rings. The Morgan fingerprint density at radius 2 is 1.68 bits per heavy atom. The molecule has 1 aromatic heterocycles. The predicted octanol–water partition coefficient (Wildman–Crippen LogP) is 5.91. The van der Waals surface area contributed by atoms with Gasteiger partial charge >= 0.3 is 6.30 Å². The summed E-state index contributed by atoms with van der Waals surface area (Å²) in [4.78, 5) is 3.77. The Hall–Kier alpha value is -1.50. The van der Waals surface area contributed by atoms with Crippen molar-refractivity contribution in [2.75, 3.05) is 0 Å². The van der Waals surface area contributed by atoms with Crippen molar-refractivity contribution < 1.29 is 17.1 Å². The van der Waals surface area contributed by atoms with E-state index < -0.39 is 11.0 Å². The molecular formula is C15H18F4N2S. The molecule has 0 atom stereocenters. The van der Waals surface area contributed by atoms with Crippen LogP contribution in [0.15, 0.2) is 36.7 Å². The van der Waals surface area contributed by atoms with Crippen LogP contribution in [0, 0.1) is 0 Å². The van der Waals surface area contributed by atoms with Crippen molar-refractivity contribution in [2.24, 2.45) is 0 Å². The average molecular weight is 334 g/mol. The molecule has 0 aliphatic carbocycles. The van der Waals surface area contributed by atoms with Crippen LogP contribution >= 0.6 is 12.1 Å². The zero-order valence-corrected chi connectivity index (χ0v) is 13.6. The summed E-state index contributed by atoms with van der Waals surface area (Å²) < 4.78 is 51.0. The third-order valence-corrected chi connectivity index (χ3v) is 3.53. The summed E-state index contributed by atoms with van der Waals surface area (Å²) in [5.41, 5.74) is 0.731. The first-order chi connectivity index (χ1) is 10.3. The number of rotatable bonds is 3. The molecule has 22 heavy (non-hydrogen) atoms. The van der Waals surface area contributed by atoms with Crippen LogP contribution < -0.4 is 0 Å². The quantitative estimate of drug-likeness (QED) is 0.650. The van der Waals surface area contributed by atoms with Crippen molar-refractivity contribution in [3.05, 3.63) is 42.2 Å². The molecule has 0 aliphatic heterocycles. The average Bonchev–Trinajstić information content (AvgIpc) is 2.99. The fourth-order valence-electron chi connectivity index (χ4n) is 1.95. The van der Waals surface area contributed by atoms with Gasteiger partial charge in [0.15, 0.2) is 0 Å². The maximum atomic E-state index is 13.1. The first-order valence-electron chi connectivity index (χ1n) is 6.77. The van der Waals surface area contributed by atoms with Crippen LogP contribution in [0.2, 0.25) is 0 Å². The van der Waals surface area contributed by atoms with E-state index in [2.05, 4.69) is 4.98 Å². The molecule has 0 unspecified atom stereocenters. The monoisotopic (exact) mass is 334 g/mol. The van der Waals surface area contributed by atoms with Crippen LogP contribution in [-0.4, -0.2) is 9.55 Å². The topological polar surface area (TPSA) is 17.8 Å². The van der Waals surface area contributed by atoms with Gasteiger partial charge in [0.2, 0.25) is 0 Å². The zero-order chi connectivity index (χ0) is 17.0. The summed E-state index contributed by atoms with van der Waals surface area (Å²) in [7, 11) is 0. The maximum absolute atomic E-state index is 13.1. The van der Waals surface area contributed by atoms with Crippen molar-refractivity contribution in [1.29, 1.82) is 0 Å². The van der Waals surface area contributed by atoms with Crippen LogP contribution in [0.4, 0.5) is 17.1 Å². The summed E-state index contributed by atoms with van der Waals surface area (Å²) in [5.74, 6) is -0.241. The molecule has 0 amide bonds. The van der Waals surface area contributed by atoms with Crippen molar-refractivity contribution in [1.82, 2.24) is 9.55 Å². The Labute approximate surface area is 131 Å². The first kappa shape index (κ1) is 18.5. The van der Waals surface area contributed by atoms with Gasteiger partial charge in [-0.1, -0.05) is 38.1 Å². The Kier molecular flexibility index (Phi) is 6.05. The van der Waals surface area contributed by atoms with E-state index >= 15 is 0 Å². The van der Waals surface area contributed by atoms with E-state index in [-0.39, 0.29) is 28.1 Å². The summed E-state index contributed by atoms with van der Waals surface area (Å²) in [6, 6.07) is 6.39. The summed E-state index contributed by atoms with van der Waals surface area (Å²) >= 11 is 0.0867. The number of hydrogen-bond donors (Lipinski definition) is 0. The molecule has 2 rings (SSSR count). The molecule has 7 heteroatoms. The minimum atomic E-state index is -4.56. The third-order valence-electron chi connectivity index (χ3n) is 2.92. The van der Waals surface area contributed by atoms with Crippen LogP contribution in [0.5, 0.6) is 0 Å². The second-order valence-corrected chi connectivity index (χ2v) is 5.90. The Morgan fingerprint density at radius 3 is 2.23 bits per heavy atom. The smallest absolute Gasteiger partial charge is 0.241 e. The highest BCUT2D eigenvalue weighted by Gasteiger charge is 2.35. The molecule has 2 nitrogen and oxygen atoms in total. The molecule has 122 valence electrons. The molecule has 0 bridgehead atoms. The molecule has 0 spiro atoms. The number of benzene rings is 1. The van der Waals surface area contributed by atoms with Crippen LogP contribution in [0.25, 0.3) is 11.4 Å². The van der Waals surface area contributed by atoms with Gasteiger partial charge in [-0.05, 0) is 19.4 Å². The lowest BCUT2D eigenvalue weighted by molar-refractivity contribution is -0.202. The second-order valence-electron chi connectivity index (χ2n) is 4.72. The zero-order valence-electron chi connectivity index (χ0n) is 12.8. The highest BCUT2D eigenvalue weighted by Crippen LogP contribution is 2.41. The molecule has 1 heterocycles. The SMILES string of the molecule is CC.CC(C)(SF)c1ccccc1-c1nccn1C(F)(F)F. The molecule has 0 radical (unpaired) electrons. The van der Waals surface area contributed by atoms with E-state index in [1.807, 2.05) is 13.8 Å². The van der Waals surface area contributed by atoms with Gasteiger partial charge in [0, 0.05) is 18.0 Å². The number of aromatic nitrogens is 2. The molecule has 0 saturated carbocycles. The van der Waals surface area contributed by atoms with E-state index in [4.69, 9.17) is 0 Å². The van der Waals surface area contributed by atoms with Gasteiger partial charge in [-0.25, -0.2) is 9.55 Å². The molecule has 0 fully saturated rings. The fraction of sp³-hybridized carbons (Fsp3) is 0.400. The van der Waals surface area contributed by atoms with Gasteiger partial charge in [-0.2, -0.15) is 3.89 Å². The van der Waals surface area contributed by atoms with Crippen molar-refractivity contribution in [3.8, 4) is 11.4 Å². The van der Waals surface area contributed by atoms with E-state index in [9.17, 15) is 17.1 Å². The fourth-order valence-corrected chi connectivity index (χ4v) is 2.21. The van der Waals surface area contributed by atoms with Gasteiger partial charge in [-0.3, -0.25) is 0 Å². The predicted molar refractivity (Wildman–Crippen MR) is 82.0 cm³/mol. The Morgan fingerprint density at radius 1 is 1.09 bits per heavy atom. The lowest BCUT2D eigenvalue weighted by Gasteiger charge is -2.23. The number of halogens is 4. The number of nitrogens with zero attached hydrogens (tertiary/aromatic N) is 2. The molecular weight excluding hydrogens is 316 g/mol. The maximum Gasteiger partial charge on any atom is 0.490 e. The van der Waals surface area contributed by atoms with Crippen molar-refractivity contribution in [2.45, 2.75) is 38.7 Å². The Bertz CT molecular complexity index is 606. The van der Waals surface area contributed by atoms with Crippen molar-refractivity contribution >= 4 is 12.1 Å². The van der Waals surface area contributed by atoms with E-state index in [1.165, 1.54) is 6.07 Å². The Balaban J connectivity index is 0.00000116. The third kappa shape index (κ3) is 3.82. The minimum Gasteiger partial charge on any atom is -0.241 e. The highest BCUT2D eigenvalue weighted by molar-refractivity contribution is 7.95. The first-order valence-corrected chi connectivity index (χ1v) is 7.49. The van der Waals surface area contributed by atoms with Crippen LogP contribution in [0.3, 0.4) is 0 Å². The number of imidazole rings is 1. The van der Waals surface area contributed by atoms with E-state index in [1.54, 1.807) is 32.0 Å². The van der Waals surface area contributed by atoms with Gasteiger partial charge in [0.1, 0.15) is 5.82 Å². The molecule has 0 N–H and O–H groups in total. The number of hydrogen-bond acceptors (Lipinski definition) is 2. The largest absolute Gasteiger partial charge is 0.490 e. The summed E-state index contributed by atoms with van der Waals surface area (Å²) in [5, 5.41) is 0. The molecule has 2 aromatic rings. The second kappa shape index (κ2) is 7.17. The van der Waals surface area contributed by atoms with Gasteiger partial charge in [0.05, 0.1) is 16.9 Å². The van der Waals surface area contributed by atoms with Gasteiger partial charge < -0.3 is 0 Å². The van der Waals surface area contributed by atoms with E-state index in [0.29, 0.717) is 5.56 Å².